The number of hydrogen-bond acceptors (Lipinski definition) is 6. The average molecular weight is 388 g/mol. The monoisotopic (exact) mass is 387 g/mol. The van der Waals surface area contributed by atoms with Crippen molar-refractivity contribution in [2.75, 3.05) is 43.6 Å². The molecule has 1 fully saturated rings. The predicted molar refractivity (Wildman–Crippen MR) is 107 cm³/mol. The molecule has 142 valence electrons. The van der Waals surface area contributed by atoms with Crippen LogP contribution in [-0.4, -0.2) is 48.0 Å². The van der Waals surface area contributed by atoms with Crippen molar-refractivity contribution in [3.8, 4) is 5.75 Å². The number of halogens is 1. The van der Waals surface area contributed by atoms with Gasteiger partial charge in [-0.25, -0.2) is 4.98 Å². The van der Waals surface area contributed by atoms with Crippen LogP contribution in [0.1, 0.15) is 12.0 Å². The Kier molecular flexibility index (Phi) is 5.05. The Balaban J connectivity index is 1.76. The maximum atomic E-state index is 6.40. The highest BCUT2D eigenvalue weighted by atomic mass is 35.5. The molecule has 0 unspecified atom stereocenters. The smallest absolute Gasteiger partial charge is 0.159 e. The Labute approximate surface area is 162 Å². The van der Waals surface area contributed by atoms with Gasteiger partial charge in [0.2, 0.25) is 0 Å². The van der Waals surface area contributed by atoms with Gasteiger partial charge in [0.1, 0.15) is 17.4 Å². The number of nitrogens with one attached hydrogen (secondary N) is 1. The Morgan fingerprint density at radius 3 is 2.93 bits per heavy atom. The second kappa shape index (κ2) is 7.62. The molecule has 1 saturated heterocycles. The number of aromatic nitrogens is 3. The van der Waals surface area contributed by atoms with Crippen LogP contribution in [0.25, 0.3) is 5.65 Å². The highest BCUT2D eigenvalue weighted by Crippen LogP contribution is 2.33. The molecule has 0 bridgehead atoms. The van der Waals surface area contributed by atoms with Crippen LogP contribution in [0.15, 0.2) is 30.5 Å². The van der Waals surface area contributed by atoms with Gasteiger partial charge in [0.05, 0.1) is 30.6 Å². The van der Waals surface area contributed by atoms with Crippen molar-refractivity contribution in [3.63, 3.8) is 0 Å². The number of nitrogens with zero attached hydrogens (tertiary/aromatic N) is 4. The Morgan fingerprint density at radius 2 is 2.11 bits per heavy atom. The van der Waals surface area contributed by atoms with Crippen LogP contribution in [0.5, 0.6) is 5.75 Å². The summed E-state index contributed by atoms with van der Waals surface area (Å²) in [5.74, 6) is 2.50. The Morgan fingerprint density at radius 1 is 1.22 bits per heavy atom. The maximum absolute atomic E-state index is 6.40. The normalized spacial score (nSPS) is 15.0. The molecule has 1 N–H and O–H groups in total. The summed E-state index contributed by atoms with van der Waals surface area (Å²) >= 11 is 6.40. The van der Waals surface area contributed by atoms with Gasteiger partial charge < -0.3 is 19.7 Å². The van der Waals surface area contributed by atoms with Crippen LogP contribution >= 0.6 is 11.6 Å². The molecule has 0 aliphatic carbocycles. The Hall–Kier alpha value is -2.51. The minimum absolute atomic E-state index is 0.577. The van der Waals surface area contributed by atoms with Gasteiger partial charge >= 0.3 is 0 Å². The van der Waals surface area contributed by atoms with Gasteiger partial charge in [-0.15, -0.1) is 0 Å². The first kappa shape index (κ1) is 17.9. The third kappa shape index (κ3) is 3.52. The lowest BCUT2D eigenvalue weighted by Crippen LogP contribution is -2.29. The average Bonchev–Trinajstić information content (AvgIpc) is 2.96. The minimum Gasteiger partial charge on any atom is -0.497 e. The van der Waals surface area contributed by atoms with Crippen LogP contribution in [0.2, 0.25) is 5.02 Å². The second-order valence-electron chi connectivity index (χ2n) is 6.43. The van der Waals surface area contributed by atoms with Gasteiger partial charge in [0.25, 0.3) is 0 Å². The van der Waals surface area contributed by atoms with Crippen molar-refractivity contribution in [1.29, 1.82) is 0 Å². The quantitative estimate of drug-likeness (QED) is 0.736. The maximum Gasteiger partial charge on any atom is 0.159 e. The standard InChI is InChI=1S/C19H22ClN5O2/c1-13-18(22-16-5-4-14(26-2)12-15(16)20)23-17-6-7-21-25(17)19(13)24-8-3-10-27-11-9-24/h4-7,12H,3,8-11H2,1-2H3,(H,22,23). The molecule has 0 saturated carbocycles. The molecular formula is C19H22ClN5O2. The number of anilines is 3. The van der Waals surface area contributed by atoms with E-state index in [9.17, 15) is 0 Å². The summed E-state index contributed by atoms with van der Waals surface area (Å²) < 4.78 is 12.7. The van der Waals surface area contributed by atoms with E-state index in [2.05, 4.69) is 22.2 Å². The zero-order chi connectivity index (χ0) is 18.8. The summed E-state index contributed by atoms with van der Waals surface area (Å²) in [6.45, 7) is 5.28. The molecule has 1 aliphatic rings. The molecule has 3 aromatic rings. The van der Waals surface area contributed by atoms with Crippen molar-refractivity contribution in [2.45, 2.75) is 13.3 Å². The first-order chi connectivity index (χ1) is 13.2. The van der Waals surface area contributed by atoms with Gasteiger partial charge in [0, 0.05) is 37.4 Å². The molecule has 1 aliphatic heterocycles. The third-order valence-electron chi connectivity index (χ3n) is 4.69. The predicted octanol–water partition coefficient (Wildman–Crippen LogP) is 3.67. The van der Waals surface area contributed by atoms with Crippen molar-refractivity contribution in [1.82, 2.24) is 14.6 Å². The van der Waals surface area contributed by atoms with E-state index in [1.54, 1.807) is 19.4 Å². The molecule has 2 aromatic heterocycles. The summed E-state index contributed by atoms with van der Waals surface area (Å²) in [6, 6.07) is 7.44. The molecule has 0 radical (unpaired) electrons. The molecule has 0 amide bonds. The first-order valence-electron chi connectivity index (χ1n) is 8.95. The highest BCUT2D eigenvalue weighted by Gasteiger charge is 2.20. The number of fused-ring (bicyclic) bond motifs is 1. The van der Waals surface area contributed by atoms with Crippen molar-refractivity contribution in [3.05, 3.63) is 41.0 Å². The molecule has 0 spiro atoms. The van der Waals surface area contributed by atoms with E-state index in [1.807, 2.05) is 22.7 Å². The van der Waals surface area contributed by atoms with E-state index < -0.39 is 0 Å². The lowest BCUT2D eigenvalue weighted by molar-refractivity contribution is 0.152. The first-order valence-corrected chi connectivity index (χ1v) is 9.33. The van der Waals surface area contributed by atoms with E-state index in [-0.39, 0.29) is 0 Å². The molecule has 27 heavy (non-hydrogen) atoms. The van der Waals surface area contributed by atoms with Crippen molar-refractivity contribution in [2.24, 2.45) is 0 Å². The van der Waals surface area contributed by atoms with E-state index in [1.165, 1.54) is 0 Å². The van der Waals surface area contributed by atoms with Gasteiger partial charge in [-0.2, -0.15) is 9.61 Å². The van der Waals surface area contributed by atoms with Gasteiger partial charge in [-0.1, -0.05) is 11.6 Å². The highest BCUT2D eigenvalue weighted by molar-refractivity contribution is 6.33. The topological polar surface area (TPSA) is 63.9 Å². The minimum atomic E-state index is 0.577. The number of ether oxygens (including phenoxy) is 2. The summed E-state index contributed by atoms with van der Waals surface area (Å²) in [5.41, 5.74) is 2.58. The largest absolute Gasteiger partial charge is 0.497 e. The zero-order valence-electron chi connectivity index (χ0n) is 15.4. The molecule has 1 aromatic carbocycles. The number of methoxy groups -OCH3 is 1. The van der Waals surface area contributed by atoms with Crippen LogP contribution in [0.3, 0.4) is 0 Å². The Bertz CT molecular complexity index is 951. The van der Waals surface area contributed by atoms with Crippen molar-refractivity contribution < 1.29 is 9.47 Å². The molecule has 0 atom stereocenters. The van der Waals surface area contributed by atoms with Crippen LogP contribution in [0.4, 0.5) is 17.3 Å². The molecule has 3 heterocycles. The van der Waals surface area contributed by atoms with Crippen LogP contribution in [0, 0.1) is 6.92 Å². The summed E-state index contributed by atoms with van der Waals surface area (Å²) in [4.78, 5) is 7.04. The van der Waals surface area contributed by atoms with E-state index in [4.69, 9.17) is 26.1 Å². The lowest BCUT2D eigenvalue weighted by atomic mass is 10.2. The molecule has 7 nitrogen and oxygen atoms in total. The van der Waals surface area contributed by atoms with E-state index >= 15 is 0 Å². The van der Waals surface area contributed by atoms with Gasteiger partial charge in [0.15, 0.2) is 5.65 Å². The molecule has 8 heteroatoms. The van der Waals surface area contributed by atoms with Crippen molar-refractivity contribution >= 4 is 34.6 Å². The van der Waals surface area contributed by atoms with Crippen LogP contribution < -0.4 is 15.0 Å². The third-order valence-corrected chi connectivity index (χ3v) is 5.00. The number of benzene rings is 1. The number of hydrogen-bond donors (Lipinski definition) is 1. The summed E-state index contributed by atoms with van der Waals surface area (Å²) in [5, 5.41) is 8.42. The second-order valence-corrected chi connectivity index (χ2v) is 6.84. The lowest BCUT2D eigenvalue weighted by Gasteiger charge is -2.25. The molecule has 4 rings (SSSR count). The fourth-order valence-electron chi connectivity index (χ4n) is 3.31. The van der Waals surface area contributed by atoms with E-state index in [0.29, 0.717) is 17.4 Å². The SMILES string of the molecule is COc1ccc(Nc2nc3ccnn3c(N3CCCOCC3)c2C)c(Cl)c1. The molecular weight excluding hydrogens is 366 g/mol. The van der Waals surface area contributed by atoms with Gasteiger partial charge in [-0.05, 0) is 25.5 Å². The number of rotatable bonds is 4. The zero-order valence-corrected chi connectivity index (χ0v) is 16.2. The summed E-state index contributed by atoms with van der Waals surface area (Å²) in [6.07, 6.45) is 2.75. The van der Waals surface area contributed by atoms with Gasteiger partial charge in [-0.3, -0.25) is 0 Å². The van der Waals surface area contributed by atoms with Crippen LogP contribution in [-0.2, 0) is 4.74 Å². The van der Waals surface area contributed by atoms with E-state index in [0.717, 1.165) is 54.7 Å². The summed E-state index contributed by atoms with van der Waals surface area (Å²) in [7, 11) is 1.62. The fourth-order valence-corrected chi connectivity index (χ4v) is 3.53. The fraction of sp³-hybridized carbons (Fsp3) is 0.368.